The summed E-state index contributed by atoms with van der Waals surface area (Å²) < 4.78 is 0. The predicted molar refractivity (Wildman–Crippen MR) is 12.9 cm³/mol. The molecule has 0 aromatic heterocycles. The van der Waals surface area contributed by atoms with Gasteiger partial charge in [0.1, 0.15) is 6.29 Å². The standard InChI is InChI=1S/C2H4O.K.H/c1-2-3;;/h2H,1H3;;/q;+1;-1. The second kappa shape index (κ2) is 8.85. The van der Waals surface area contributed by atoms with Crippen molar-refractivity contribution in [3.05, 3.63) is 0 Å². The van der Waals surface area contributed by atoms with Gasteiger partial charge in [-0.05, 0) is 6.92 Å². The van der Waals surface area contributed by atoms with E-state index in [2.05, 4.69) is 0 Å². The van der Waals surface area contributed by atoms with Gasteiger partial charge in [0.05, 0.1) is 0 Å². The molecule has 0 aliphatic rings. The molecule has 0 aliphatic heterocycles. The van der Waals surface area contributed by atoms with Gasteiger partial charge in [-0.3, -0.25) is 0 Å². The Hall–Kier alpha value is 1.31. The maximum absolute atomic E-state index is 8.81. The van der Waals surface area contributed by atoms with Crippen LogP contribution in [0.2, 0.25) is 0 Å². The summed E-state index contributed by atoms with van der Waals surface area (Å²) in [6.07, 6.45) is 0.750. The van der Waals surface area contributed by atoms with Gasteiger partial charge in [0.2, 0.25) is 0 Å². The molecule has 0 fully saturated rings. The first kappa shape index (κ1) is 9.00. The summed E-state index contributed by atoms with van der Waals surface area (Å²) in [5.74, 6) is 0. The van der Waals surface area contributed by atoms with Crippen LogP contribution in [0.4, 0.5) is 0 Å². The van der Waals surface area contributed by atoms with Crippen molar-refractivity contribution in [2.45, 2.75) is 6.92 Å². The molecule has 0 rings (SSSR count). The zero-order valence-electron chi connectivity index (χ0n) is 3.99. The Balaban J connectivity index is -0.0000000200. The summed E-state index contributed by atoms with van der Waals surface area (Å²) in [5.41, 5.74) is 0. The quantitative estimate of drug-likeness (QED) is 0.231. The molecule has 0 aromatic rings. The van der Waals surface area contributed by atoms with Crippen molar-refractivity contribution in [1.29, 1.82) is 0 Å². The molecule has 0 saturated carbocycles. The number of carbonyl (C=O) groups excluding carboxylic acids is 1. The smallest absolute Gasteiger partial charge is 1.00 e. The molecule has 0 radical (unpaired) electrons. The second-order valence-electron chi connectivity index (χ2n) is 0.236. The minimum atomic E-state index is 0. The van der Waals surface area contributed by atoms with Crippen LogP contribution in [0.15, 0.2) is 0 Å². The fraction of sp³-hybridized carbons (Fsp3) is 0.500. The van der Waals surface area contributed by atoms with Crippen LogP contribution in [0.25, 0.3) is 0 Å². The summed E-state index contributed by atoms with van der Waals surface area (Å²) >= 11 is 0. The maximum Gasteiger partial charge on any atom is 1.00 e. The largest absolute Gasteiger partial charge is 1.00 e. The van der Waals surface area contributed by atoms with Crippen LogP contribution in [0, 0.1) is 0 Å². The van der Waals surface area contributed by atoms with Gasteiger partial charge >= 0.3 is 51.4 Å². The normalized spacial score (nSPS) is 3.25. The third-order valence-corrected chi connectivity index (χ3v) is 0. The van der Waals surface area contributed by atoms with E-state index in [0.29, 0.717) is 0 Å². The minimum absolute atomic E-state index is 0. The Morgan fingerprint density at radius 1 is 2.00 bits per heavy atom. The van der Waals surface area contributed by atoms with Crippen molar-refractivity contribution in [2.24, 2.45) is 0 Å². The molecule has 0 saturated heterocycles. The Labute approximate surface area is 69.7 Å². The third kappa shape index (κ3) is 10.3. The Morgan fingerprint density at radius 2 is 2.00 bits per heavy atom. The summed E-state index contributed by atoms with van der Waals surface area (Å²) in [5, 5.41) is 0. The zero-order valence-corrected chi connectivity index (χ0v) is 6.11. The van der Waals surface area contributed by atoms with E-state index in [1.807, 2.05) is 0 Å². The van der Waals surface area contributed by atoms with Crippen molar-refractivity contribution in [1.82, 2.24) is 0 Å². The van der Waals surface area contributed by atoms with Crippen molar-refractivity contribution >= 4 is 6.29 Å². The van der Waals surface area contributed by atoms with Crippen LogP contribution >= 0.6 is 0 Å². The Bertz CT molecular complexity index is 17.1. The van der Waals surface area contributed by atoms with Gasteiger partial charge in [0.15, 0.2) is 0 Å². The zero-order chi connectivity index (χ0) is 2.71. The van der Waals surface area contributed by atoms with E-state index in [4.69, 9.17) is 4.79 Å². The van der Waals surface area contributed by atoms with Gasteiger partial charge in [-0.15, -0.1) is 0 Å². The fourth-order valence-electron chi connectivity index (χ4n) is 0. The number of hydrogen-bond acceptors (Lipinski definition) is 1. The number of rotatable bonds is 0. The average Bonchev–Trinajstić information content (AvgIpc) is 0.918. The monoisotopic (exact) mass is 84.0 g/mol. The van der Waals surface area contributed by atoms with Gasteiger partial charge < -0.3 is 6.22 Å². The van der Waals surface area contributed by atoms with Crippen molar-refractivity contribution in [2.75, 3.05) is 0 Å². The average molecular weight is 84.2 g/mol. The molecule has 0 atom stereocenters. The SMILES string of the molecule is CC=O.[H-].[K+]. The molecular weight excluding hydrogens is 79.1 g/mol. The molecule has 0 bridgehead atoms. The van der Waals surface area contributed by atoms with Crippen LogP contribution in [0.1, 0.15) is 8.35 Å². The van der Waals surface area contributed by atoms with E-state index in [1.54, 1.807) is 0 Å². The molecule has 2 heteroatoms. The van der Waals surface area contributed by atoms with Crippen LogP contribution in [0.5, 0.6) is 0 Å². The molecule has 4 heavy (non-hydrogen) atoms. The van der Waals surface area contributed by atoms with E-state index in [1.165, 1.54) is 6.92 Å². The van der Waals surface area contributed by atoms with E-state index < -0.39 is 0 Å². The van der Waals surface area contributed by atoms with Gasteiger partial charge in [-0.1, -0.05) is 0 Å². The summed E-state index contributed by atoms with van der Waals surface area (Å²) in [7, 11) is 0. The Kier molecular flexibility index (Phi) is 19.9. The van der Waals surface area contributed by atoms with Gasteiger partial charge in [0, 0.05) is 0 Å². The molecule has 0 spiro atoms. The summed E-state index contributed by atoms with van der Waals surface area (Å²) in [4.78, 5) is 8.81. The summed E-state index contributed by atoms with van der Waals surface area (Å²) in [6, 6.07) is 0. The molecular formula is C2H5KO. The number of aldehydes is 1. The molecule has 1 nitrogen and oxygen atoms in total. The maximum atomic E-state index is 8.81. The van der Waals surface area contributed by atoms with E-state index in [-0.39, 0.29) is 52.8 Å². The molecule has 0 unspecified atom stereocenters. The molecule has 20 valence electrons. The molecule has 0 amide bonds. The van der Waals surface area contributed by atoms with Gasteiger partial charge in [0.25, 0.3) is 0 Å². The van der Waals surface area contributed by atoms with E-state index in [9.17, 15) is 0 Å². The fourth-order valence-corrected chi connectivity index (χ4v) is 0. The molecule has 0 aliphatic carbocycles. The van der Waals surface area contributed by atoms with Crippen molar-refractivity contribution in [3.8, 4) is 0 Å². The predicted octanol–water partition coefficient (Wildman–Crippen LogP) is -2.68. The summed E-state index contributed by atoms with van der Waals surface area (Å²) in [6.45, 7) is 1.44. The molecule has 0 N–H and O–H groups in total. The number of hydrogen-bond donors (Lipinski definition) is 0. The topological polar surface area (TPSA) is 17.1 Å². The van der Waals surface area contributed by atoms with Gasteiger partial charge in [-0.25, -0.2) is 0 Å². The molecule has 0 heterocycles. The Morgan fingerprint density at radius 3 is 2.00 bits per heavy atom. The van der Waals surface area contributed by atoms with Crippen molar-refractivity contribution in [3.63, 3.8) is 0 Å². The van der Waals surface area contributed by atoms with Crippen LogP contribution in [-0.4, -0.2) is 6.29 Å². The minimum Gasteiger partial charge on any atom is -1.00 e. The van der Waals surface area contributed by atoms with Crippen LogP contribution < -0.4 is 51.4 Å². The first-order valence-corrected chi connectivity index (χ1v) is 0.813. The first-order valence-electron chi connectivity index (χ1n) is 0.813. The third-order valence-electron chi connectivity index (χ3n) is 0. The van der Waals surface area contributed by atoms with Crippen LogP contribution in [0.3, 0.4) is 0 Å². The van der Waals surface area contributed by atoms with Crippen molar-refractivity contribution < 1.29 is 57.6 Å². The van der Waals surface area contributed by atoms with Crippen LogP contribution in [-0.2, 0) is 4.79 Å². The van der Waals surface area contributed by atoms with Gasteiger partial charge in [-0.2, -0.15) is 0 Å². The van der Waals surface area contributed by atoms with E-state index >= 15 is 0 Å². The number of carbonyl (C=O) groups is 1. The van der Waals surface area contributed by atoms with E-state index in [0.717, 1.165) is 6.29 Å². The second-order valence-corrected chi connectivity index (χ2v) is 0.236. The first-order chi connectivity index (χ1) is 1.41. The molecule has 0 aromatic carbocycles.